The lowest BCUT2D eigenvalue weighted by Crippen LogP contribution is -2.47. The summed E-state index contributed by atoms with van der Waals surface area (Å²) < 4.78 is 5.15. The standard InChI is InChI=1S/C10H13N3O2.2ClH/c14-10(13-6-4-11-5-7-13)15-9-2-1-3-12-8-9;;/h1-3,8,11H,4-7H2;2*1H. The fourth-order valence-corrected chi connectivity index (χ4v) is 1.42. The summed E-state index contributed by atoms with van der Waals surface area (Å²) in [4.78, 5) is 17.2. The van der Waals surface area contributed by atoms with Crippen molar-refractivity contribution in [2.75, 3.05) is 26.2 Å². The van der Waals surface area contributed by atoms with Gasteiger partial charge in [0.15, 0.2) is 5.75 Å². The minimum Gasteiger partial charge on any atom is -0.409 e. The topological polar surface area (TPSA) is 54.5 Å². The van der Waals surface area contributed by atoms with Crippen LogP contribution in [0, 0.1) is 0 Å². The number of ether oxygens (including phenoxy) is 1. The molecule has 1 fully saturated rings. The summed E-state index contributed by atoms with van der Waals surface area (Å²) in [7, 11) is 0. The van der Waals surface area contributed by atoms with Gasteiger partial charge in [0.25, 0.3) is 0 Å². The van der Waals surface area contributed by atoms with Gasteiger partial charge in [0.05, 0.1) is 6.20 Å². The summed E-state index contributed by atoms with van der Waals surface area (Å²) >= 11 is 0. The monoisotopic (exact) mass is 279 g/mol. The van der Waals surface area contributed by atoms with Crippen molar-refractivity contribution in [2.24, 2.45) is 0 Å². The van der Waals surface area contributed by atoms with Crippen LogP contribution >= 0.6 is 24.8 Å². The van der Waals surface area contributed by atoms with Gasteiger partial charge >= 0.3 is 6.09 Å². The first-order valence-corrected chi connectivity index (χ1v) is 4.94. The van der Waals surface area contributed by atoms with Crippen molar-refractivity contribution in [1.29, 1.82) is 0 Å². The molecule has 1 aromatic heterocycles. The zero-order chi connectivity index (χ0) is 10.5. The smallest absolute Gasteiger partial charge is 0.409 e. The van der Waals surface area contributed by atoms with E-state index < -0.39 is 0 Å². The number of piperazine rings is 1. The van der Waals surface area contributed by atoms with Gasteiger partial charge in [-0.25, -0.2) is 4.79 Å². The van der Waals surface area contributed by atoms with Crippen LogP contribution in [0.15, 0.2) is 24.5 Å². The van der Waals surface area contributed by atoms with Crippen LogP contribution in [-0.4, -0.2) is 42.2 Å². The number of carbonyl (C=O) groups excluding carboxylic acids is 1. The van der Waals surface area contributed by atoms with E-state index >= 15 is 0 Å². The van der Waals surface area contributed by atoms with Gasteiger partial charge in [0, 0.05) is 32.4 Å². The molecule has 5 nitrogen and oxygen atoms in total. The van der Waals surface area contributed by atoms with Gasteiger partial charge < -0.3 is 15.0 Å². The number of rotatable bonds is 1. The second-order valence-electron chi connectivity index (χ2n) is 3.29. The second kappa shape index (κ2) is 8.11. The van der Waals surface area contributed by atoms with E-state index in [9.17, 15) is 4.79 Å². The van der Waals surface area contributed by atoms with Crippen LogP contribution in [0.4, 0.5) is 4.79 Å². The number of nitrogens with zero attached hydrogens (tertiary/aromatic N) is 2. The average Bonchev–Trinajstić information content (AvgIpc) is 2.31. The van der Waals surface area contributed by atoms with E-state index in [1.165, 1.54) is 6.20 Å². The fraction of sp³-hybridized carbons (Fsp3) is 0.400. The lowest BCUT2D eigenvalue weighted by atomic mass is 10.4. The summed E-state index contributed by atoms with van der Waals surface area (Å²) in [5, 5.41) is 3.17. The van der Waals surface area contributed by atoms with Crippen LogP contribution in [0.5, 0.6) is 5.75 Å². The number of hydrogen-bond acceptors (Lipinski definition) is 4. The lowest BCUT2D eigenvalue weighted by molar-refractivity contribution is 0.145. The molecular formula is C10H15Cl2N3O2. The number of nitrogens with one attached hydrogen (secondary N) is 1. The fourth-order valence-electron chi connectivity index (χ4n) is 1.42. The van der Waals surface area contributed by atoms with Crippen molar-refractivity contribution in [3.05, 3.63) is 24.5 Å². The van der Waals surface area contributed by atoms with Crippen LogP contribution in [0.3, 0.4) is 0 Å². The van der Waals surface area contributed by atoms with Gasteiger partial charge in [-0.2, -0.15) is 0 Å². The van der Waals surface area contributed by atoms with E-state index in [4.69, 9.17) is 4.74 Å². The minimum atomic E-state index is -0.301. The number of halogens is 2. The Bertz CT molecular complexity index is 332. The van der Waals surface area contributed by atoms with E-state index in [1.807, 2.05) is 0 Å². The van der Waals surface area contributed by atoms with Gasteiger partial charge in [-0.1, -0.05) is 0 Å². The second-order valence-corrected chi connectivity index (χ2v) is 3.29. The van der Waals surface area contributed by atoms with Crippen molar-refractivity contribution in [3.8, 4) is 5.75 Å². The first-order valence-electron chi connectivity index (χ1n) is 4.94. The van der Waals surface area contributed by atoms with Crippen molar-refractivity contribution < 1.29 is 9.53 Å². The maximum absolute atomic E-state index is 11.6. The molecule has 1 aliphatic heterocycles. The molecule has 0 bridgehead atoms. The third kappa shape index (κ3) is 4.77. The molecule has 1 aliphatic rings. The highest BCUT2D eigenvalue weighted by Crippen LogP contribution is 2.08. The molecule has 2 heterocycles. The highest BCUT2D eigenvalue weighted by molar-refractivity contribution is 5.85. The number of pyridine rings is 1. The molecule has 0 aromatic carbocycles. The molecule has 1 amide bonds. The average molecular weight is 280 g/mol. The molecule has 1 N–H and O–H groups in total. The van der Waals surface area contributed by atoms with Crippen molar-refractivity contribution >= 4 is 30.9 Å². The molecule has 0 spiro atoms. The number of aromatic nitrogens is 1. The first kappa shape index (κ1) is 16.0. The molecular weight excluding hydrogens is 265 g/mol. The van der Waals surface area contributed by atoms with Gasteiger partial charge in [-0.15, -0.1) is 24.8 Å². The van der Waals surface area contributed by atoms with Crippen LogP contribution in [0.1, 0.15) is 0 Å². The van der Waals surface area contributed by atoms with Crippen LogP contribution in [0.25, 0.3) is 0 Å². The predicted octanol–water partition coefficient (Wildman–Crippen LogP) is 1.33. The molecule has 17 heavy (non-hydrogen) atoms. The Hall–Kier alpha value is -1.04. The Kier molecular flexibility index (Phi) is 7.61. The van der Waals surface area contributed by atoms with Gasteiger partial charge in [0.2, 0.25) is 0 Å². The van der Waals surface area contributed by atoms with Gasteiger partial charge in [-0.05, 0) is 12.1 Å². The summed E-state index contributed by atoms with van der Waals surface area (Å²) in [5.41, 5.74) is 0. The zero-order valence-electron chi connectivity index (χ0n) is 9.17. The first-order chi connectivity index (χ1) is 7.36. The lowest BCUT2D eigenvalue weighted by Gasteiger charge is -2.26. The van der Waals surface area contributed by atoms with Gasteiger partial charge in [0.1, 0.15) is 0 Å². The Balaban J connectivity index is 0.00000128. The van der Waals surface area contributed by atoms with E-state index in [-0.39, 0.29) is 30.9 Å². The number of amides is 1. The van der Waals surface area contributed by atoms with E-state index in [1.54, 1.807) is 23.2 Å². The maximum atomic E-state index is 11.6. The number of carbonyl (C=O) groups is 1. The Morgan fingerprint density at radius 1 is 1.35 bits per heavy atom. The molecule has 0 saturated carbocycles. The normalized spacial score (nSPS) is 14.2. The Labute approximate surface area is 112 Å². The molecule has 0 radical (unpaired) electrons. The molecule has 0 unspecified atom stereocenters. The molecule has 96 valence electrons. The zero-order valence-corrected chi connectivity index (χ0v) is 10.8. The summed E-state index contributed by atoms with van der Waals surface area (Å²) in [5.74, 6) is 0.487. The van der Waals surface area contributed by atoms with E-state index in [0.29, 0.717) is 18.8 Å². The minimum absolute atomic E-state index is 0. The van der Waals surface area contributed by atoms with Crippen LogP contribution < -0.4 is 10.1 Å². The molecule has 0 aliphatic carbocycles. The SMILES string of the molecule is Cl.Cl.O=C(Oc1cccnc1)N1CCNCC1. The third-order valence-corrected chi connectivity index (χ3v) is 2.21. The van der Waals surface area contributed by atoms with Crippen molar-refractivity contribution in [1.82, 2.24) is 15.2 Å². The van der Waals surface area contributed by atoms with Crippen molar-refractivity contribution in [2.45, 2.75) is 0 Å². The van der Waals surface area contributed by atoms with E-state index in [0.717, 1.165) is 13.1 Å². The van der Waals surface area contributed by atoms with Gasteiger partial charge in [-0.3, -0.25) is 4.98 Å². The molecule has 0 atom stereocenters. The Morgan fingerprint density at radius 3 is 2.65 bits per heavy atom. The predicted molar refractivity (Wildman–Crippen MR) is 69.2 cm³/mol. The molecule has 1 aromatic rings. The largest absolute Gasteiger partial charge is 0.415 e. The summed E-state index contributed by atoms with van der Waals surface area (Å²) in [6.45, 7) is 3.03. The molecule has 7 heteroatoms. The molecule has 1 saturated heterocycles. The summed E-state index contributed by atoms with van der Waals surface area (Å²) in [6.07, 6.45) is 2.87. The number of hydrogen-bond donors (Lipinski definition) is 1. The summed E-state index contributed by atoms with van der Waals surface area (Å²) in [6, 6.07) is 3.45. The Morgan fingerprint density at radius 2 is 2.06 bits per heavy atom. The highest BCUT2D eigenvalue weighted by Gasteiger charge is 2.17. The quantitative estimate of drug-likeness (QED) is 0.843. The van der Waals surface area contributed by atoms with Crippen LogP contribution in [-0.2, 0) is 0 Å². The van der Waals surface area contributed by atoms with Crippen molar-refractivity contribution in [3.63, 3.8) is 0 Å². The van der Waals surface area contributed by atoms with Crippen LogP contribution in [0.2, 0.25) is 0 Å². The van der Waals surface area contributed by atoms with E-state index in [2.05, 4.69) is 10.3 Å². The molecule has 2 rings (SSSR count). The third-order valence-electron chi connectivity index (χ3n) is 2.21. The highest BCUT2D eigenvalue weighted by atomic mass is 35.5. The maximum Gasteiger partial charge on any atom is 0.415 e.